The molecule has 3 aromatic heterocycles. The van der Waals surface area contributed by atoms with Crippen molar-refractivity contribution in [3.8, 4) is 39.5 Å². The third kappa shape index (κ3) is 4.66. The van der Waals surface area contributed by atoms with E-state index >= 15 is 0 Å². The molecule has 0 amide bonds. The van der Waals surface area contributed by atoms with E-state index in [2.05, 4.69) is 187 Å². The van der Waals surface area contributed by atoms with E-state index in [4.69, 9.17) is 14.4 Å². The van der Waals surface area contributed by atoms with Gasteiger partial charge in [0.15, 0.2) is 5.58 Å². The zero-order chi connectivity index (χ0) is 36.7. The van der Waals surface area contributed by atoms with Crippen molar-refractivity contribution in [3.63, 3.8) is 0 Å². The minimum atomic E-state index is 0.599. The fourth-order valence-electron chi connectivity index (χ4n) is 8.69. The minimum absolute atomic E-state index is 0.599. The van der Waals surface area contributed by atoms with Crippen LogP contribution in [0.15, 0.2) is 192 Å². The maximum atomic E-state index is 6.86. The number of hydrogen-bond donors (Lipinski definition) is 0. The molecule has 0 spiro atoms. The average Bonchev–Trinajstić information content (AvgIpc) is 3.82. The Morgan fingerprint density at radius 2 is 0.982 bits per heavy atom. The van der Waals surface area contributed by atoms with Gasteiger partial charge in [0.1, 0.15) is 16.8 Å². The molecular formula is C52H31N3O. The van der Waals surface area contributed by atoms with Crippen LogP contribution in [0.3, 0.4) is 0 Å². The molecular weight excluding hydrogens is 683 g/mol. The fraction of sp³-hybridized carbons (Fsp3) is 0. The second-order valence-electron chi connectivity index (χ2n) is 14.6. The highest BCUT2D eigenvalue weighted by atomic mass is 16.3. The van der Waals surface area contributed by atoms with Crippen molar-refractivity contribution in [2.45, 2.75) is 0 Å². The SMILES string of the molecule is c1ccc(-c2cccc(-c3nc(-n4c5ccc(-c6ccc7ccccc7c6)cc5c5c6ccccc6ccc54)nc4c3oc3c5ccccc5ccc43)c2)cc1. The Kier molecular flexibility index (Phi) is 6.60. The van der Waals surface area contributed by atoms with Crippen LogP contribution in [0.25, 0.3) is 116 Å². The topological polar surface area (TPSA) is 43.9 Å². The highest BCUT2D eigenvalue weighted by Crippen LogP contribution is 2.42. The summed E-state index contributed by atoms with van der Waals surface area (Å²) in [5.74, 6) is 0.599. The molecule has 12 aromatic rings. The highest BCUT2D eigenvalue weighted by Gasteiger charge is 2.23. The summed E-state index contributed by atoms with van der Waals surface area (Å²) in [6.07, 6.45) is 0. The Hall–Kier alpha value is -7.56. The first-order valence-corrected chi connectivity index (χ1v) is 19.0. The van der Waals surface area contributed by atoms with Crippen molar-refractivity contribution < 1.29 is 4.42 Å². The molecule has 0 aliphatic rings. The Morgan fingerprint density at radius 1 is 0.357 bits per heavy atom. The van der Waals surface area contributed by atoms with Gasteiger partial charge in [0, 0.05) is 27.1 Å². The number of furan rings is 1. The molecule has 0 bridgehead atoms. The van der Waals surface area contributed by atoms with Crippen LogP contribution in [0.2, 0.25) is 0 Å². The number of benzene rings is 9. The van der Waals surface area contributed by atoms with E-state index in [1.807, 2.05) is 6.07 Å². The molecule has 3 heterocycles. The van der Waals surface area contributed by atoms with Crippen LogP contribution in [0.5, 0.6) is 0 Å². The van der Waals surface area contributed by atoms with Crippen LogP contribution in [-0.4, -0.2) is 14.5 Å². The van der Waals surface area contributed by atoms with Gasteiger partial charge in [0.25, 0.3) is 0 Å². The summed E-state index contributed by atoms with van der Waals surface area (Å²) >= 11 is 0. The summed E-state index contributed by atoms with van der Waals surface area (Å²) in [5.41, 5.74) is 10.7. The third-order valence-corrected chi connectivity index (χ3v) is 11.4. The lowest BCUT2D eigenvalue weighted by Gasteiger charge is -2.11. The highest BCUT2D eigenvalue weighted by molar-refractivity contribution is 6.22. The quantitative estimate of drug-likeness (QED) is 0.182. The van der Waals surface area contributed by atoms with E-state index in [-0.39, 0.29) is 0 Å². The van der Waals surface area contributed by atoms with Gasteiger partial charge in [-0.2, -0.15) is 0 Å². The molecule has 0 radical (unpaired) electrons. The Morgan fingerprint density at radius 3 is 1.86 bits per heavy atom. The maximum Gasteiger partial charge on any atom is 0.236 e. The minimum Gasteiger partial charge on any atom is -0.451 e. The normalized spacial score (nSPS) is 11.9. The standard InChI is InChI=1S/C52H31N3O/c1-2-11-32(12-3-1)37-17-10-18-40(30-37)48-51-49(43-26-23-35-15-7-9-20-42(35)50(43)56-51)54-52(53-48)55-45-27-25-39(38-22-21-33-13-4-5-16-36(33)29-38)31-44(45)47-41-19-8-6-14-34(41)24-28-46(47)55/h1-31H. The van der Waals surface area contributed by atoms with Gasteiger partial charge >= 0.3 is 0 Å². The van der Waals surface area contributed by atoms with Crippen LogP contribution in [0.1, 0.15) is 0 Å². The number of nitrogens with zero attached hydrogens (tertiary/aromatic N) is 3. The lowest BCUT2D eigenvalue weighted by Crippen LogP contribution is -2.03. The van der Waals surface area contributed by atoms with E-state index in [1.165, 1.54) is 32.5 Å². The molecule has 12 rings (SSSR count). The van der Waals surface area contributed by atoms with Crippen molar-refractivity contribution >= 4 is 76.2 Å². The largest absolute Gasteiger partial charge is 0.451 e. The van der Waals surface area contributed by atoms with Gasteiger partial charge in [-0.15, -0.1) is 0 Å². The monoisotopic (exact) mass is 713 g/mol. The number of hydrogen-bond acceptors (Lipinski definition) is 3. The van der Waals surface area contributed by atoms with Gasteiger partial charge in [-0.25, -0.2) is 9.97 Å². The molecule has 0 N–H and O–H groups in total. The van der Waals surface area contributed by atoms with Crippen molar-refractivity contribution in [3.05, 3.63) is 188 Å². The summed E-state index contributed by atoms with van der Waals surface area (Å²) in [7, 11) is 0. The molecule has 4 nitrogen and oxygen atoms in total. The van der Waals surface area contributed by atoms with Gasteiger partial charge < -0.3 is 4.42 Å². The lowest BCUT2D eigenvalue weighted by molar-refractivity contribution is 0.670. The first-order valence-electron chi connectivity index (χ1n) is 19.0. The van der Waals surface area contributed by atoms with E-state index in [0.29, 0.717) is 11.5 Å². The molecule has 4 heteroatoms. The van der Waals surface area contributed by atoms with Gasteiger partial charge in [0.2, 0.25) is 5.95 Å². The predicted molar refractivity (Wildman–Crippen MR) is 232 cm³/mol. The molecule has 56 heavy (non-hydrogen) atoms. The maximum absolute atomic E-state index is 6.86. The van der Waals surface area contributed by atoms with Crippen LogP contribution in [-0.2, 0) is 0 Å². The summed E-state index contributed by atoms with van der Waals surface area (Å²) in [4.78, 5) is 10.9. The molecule has 0 atom stereocenters. The number of aromatic nitrogens is 3. The van der Waals surface area contributed by atoms with Crippen LogP contribution < -0.4 is 0 Å². The van der Waals surface area contributed by atoms with Crippen molar-refractivity contribution in [2.75, 3.05) is 0 Å². The van der Waals surface area contributed by atoms with Gasteiger partial charge in [-0.1, -0.05) is 152 Å². The fourth-order valence-corrected chi connectivity index (χ4v) is 8.69. The molecule has 0 aliphatic carbocycles. The molecule has 0 fully saturated rings. The molecule has 260 valence electrons. The predicted octanol–water partition coefficient (Wildman–Crippen LogP) is 13.9. The molecule has 0 saturated carbocycles. The smallest absolute Gasteiger partial charge is 0.236 e. The van der Waals surface area contributed by atoms with Gasteiger partial charge in [0.05, 0.1) is 11.0 Å². The summed E-state index contributed by atoms with van der Waals surface area (Å²) in [6.45, 7) is 0. The molecule has 0 saturated heterocycles. The van der Waals surface area contributed by atoms with Gasteiger partial charge in [-0.3, -0.25) is 4.57 Å². The van der Waals surface area contributed by atoms with E-state index in [0.717, 1.165) is 71.6 Å². The van der Waals surface area contributed by atoms with Crippen LogP contribution in [0, 0.1) is 0 Å². The summed E-state index contributed by atoms with van der Waals surface area (Å²) < 4.78 is 9.10. The number of fused-ring (bicyclic) bond motifs is 11. The Balaban J connectivity index is 1.17. The molecule has 0 unspecified atom stereocenters. The molecule has 0 aliphatic heterocycles. The molecule has 9 aromatic carbocycles. The van der Waals surface area contributed by atoms with Crippen molar-refractivity contribution in [2.24, 2.45) is 0 Å². The zero-order valence-electron chi connectivity index (χ0n) is 30.1. The van der Waals surface area contributed by atoms with Gasteiger partial charge in [-0.05, 0) is 85.6 Å². The summed E-state index contributed by atoms with van der Waals surface area (Å²) in [5, 5.41) is 10.3. The average molecular weight is 714 g/mol. The first-order chi connectivity index (χ1) is 27.7. The Bertz CT molecular complexity index is 3540. The first kappa shape index (κ1) is 30.9. The third-order valence-electron chi connectivity index (χ3n) is 11.4. The van der Waals surface area contributed by atoms with Crippen molar-refractivity contribution in [1.29, 1.82) is 0 Å². The second kappa shape index (κ2) is 12.0. The number of rotatable bonds is 4. The van der Waals surface area contributed by atoms with Crippen LogP contribution >= 0.6 is 0 Å². The summed E-state index contributed by atoms with van der Waals surface area (Å²) in [6, 6.07) is 66.9. The lowest BCUT2D eigenvalue weighted by atomic mass is 9.98. The Labute approximate surface area is 321 Å². The van der Waals surface area contributed by atoms with Crippen LogP contribution in [0.4, 0.5) is 0 Å². The van der Waals surface area contributed by atoms with E-state index < -0.39 is 0 Å². The van der Waals surface area contributed by atoms with E-state index in [9.17, 15) is 0 Å². The van der Waals surface area contributed by atoms with E-state index in [1.54, 1.807) is 0 Å². The second-order valence-corrected chi connectivity index (χ2v) is 14.6. The van der Waals surface area contributed by atoms with Crippen molar-refractivity contribution in [1.82, 2.24) is 14.5 Å². The zero-order valence-corrected chi connectivity index (χ0v) is 30.1.